The van der Waals surface area contributed by atoms with E-state index in [2.05, 4.69) is 48.8 Å². The van der Waals surface area contributed by atoms with E-state index in [0.717, 1.165) is 36.8 Å². The molecule has 4 aromatic carbocycles. The van der Waals surface area contributed by atoms with Crippen molar-refractivity contribution in [2.75, 3.05) is 13.2 Å². The van der Waals surface area contributed by atoms with E-state index in [4.69, 9.17) is 19.6 Å². The molecule has 9 heteroatoms. The van der Waals surface area contributed by atoms with Gasteiger partial charge in [-0.2, -0.15) is 0 Å². The maximum absolute atomic E-state index is 14.4. The van der Waals surface area contributed by atoms with Crippen molar-refractivity contribution in [1.29, 1.82) is 0 Å². The number of hydrogen-bond acceptors (Lipinski definition) is 6. The molecule has 222 valence electrons. The van der Waals surface area contributed by atoms with Crippen LogP contribution in [0.5, 0.6) is 5.75 Å². The third kappa shape index (κ3) is 7.36. The molecule has 1 heterocycles. The molecular weight excluding hydrogens is 674 g/mol. The zero-order valence-corrected chi connectivity index (χ0v) is 26.9. The number of benzene rings is 4. The van der Waals surface area contributed by atoms with Crippen LogP contribution in [-0.2, 0) is 22.5 Å². The normalized spacial score (nSPS) is 17.7. The van der Waals surface area contributed by atoms with Crippen molar-refractivity contribution in [3.63, 3.8) is 0 Å². The van der Waals surface area contributed by atoms with Crippen molar-refractivity contribution in [1.82, 2.24) is 10.9 Å². The molecule has 0 spiro atoms. The first-order chi connectivity index (χ1) is 20.9. The number of nitrogens with one attached hydrogen (secondary N) is 2. The fourth-order valence-electron chi connectivity index (χ4n) is 5.04. The first kappa shape index (κ1) is 30.9. The summed E-state index contributed by atoms with van der Waals surface area (Å²) >= 11 is 7.37. The van der Waals surface area contributed by atoms with Gasteiger partial charge in [-0.3, -0.25) is 10.2 Å². The van der Waals surface area contributed by atoms with Crippen molar-refractivity contribution in [3.8, 4) is 5.75 Å². The molecule has 7 nitrogen and oxygen atoms in total. The maximum atomic E-state index is 14.4. The van der Waals surface area contributed by atoms with Crippen LogP contribution in [-0.4, -0.2) is 35.7 Å². The maximum Gasteiger partial charge on any atom is 0.266 e. The van der Waals surface area contributed by atoms with Gasteiger partial charge < -0.3 is 14.6 Å². The summed E-state index contributed by atoms with van der Waals surface area (Å²) < 4.78 is 14.0. The van der Waals surface area contributed by atoms with E-state index in [1.165, 1.54) is 0 Å². The molecule has 0 fully saturated rings. The van der Waals surface area contributed by atoms with Gasteiger partial charge in [0.2, 0.25) is 5.90 Å². The molecule has 0 unspecified atom stereocenters. The minimum Gasteiger partial charge on any atom is -0.494 e. The molecule has 3 N–H and O–H groups in total. The highest BCUT2D eigenvalue weighted by atomic mass is 79.9. The van der Waals surface area contributed by atoms with Gasteiger partial charge in [-0.15, -0.1) is 0 Å². The van der Waals surface area contributed by atoms with Gasteiger partial charge in [0, 0.05) is 46.1 Å². The summed E-state index contributed by atoms with van der Waals surface area (Å²) in [5.74, 6) is 0.731. The number of rotatable bonds is 12. The first-order valence-electron chi connectivity index (χ1n) is 14.1. The van der Waals surface area contributed by atoms with Gasteiger partial charge in [0.05, 0.1) is 6.61 Å². The lowest BCUT2D eigenvalue weighted by atomic mass is 9.82. The Hall–Kier alpha value is -3.50. The number of ether oxygens (including phenoxy) is 2. The number of carbonyl (C=O) groups is 1. The second-order valence-corrected chi connectivity index (χ2v) is 12.1. The predicted molar refractivity (Wildman–Crippen MR) is 175 cm³/mol. The highest BCUT2D eigenvalue weighted by Gasteiger charge is 2.54. The van der Waals surface area contributed by atoms with Crippen molar-refractivity contribution < 1.29 is 19.4 Å². The molecule has 0 radical (unpaired) electrons. The van der Waals surface area contributed by atoms with E-state index in [1.54, 1.807) is 0 Å². The lowest BCUT2D eigenvalue weighted by Crippen LogP contribution is -2.53. The summed E-state index contributed by atoms with van der Waals surface area (Å²) in [6.45, 7) is 2.98. The fraction of sp³-hybridized carbons (Fsp3) is 0.235. The third-order valence-corrected chi connectivity index (χ3v) is 8.71. The standard InChI is InChI=1S/C34H33Br2N3O4/c1-23-8-6-9-24(20-23)22-37-39-33(41)34(21-26-10-2-4-12-29(26)35)31(28-11-3-5-13-30(28)36)43-32(38-34)25-14-16-27(17-15-25)42-19-7-18-40/h2-6,8-17,20,31,37,40H,7,18-19,21-22H2,1H3,(H,39,41)/t31-,34-/m0/s1. The molecule has 2 atom stereocenters. The topological polar surface area (TPSA) is 92.2 Å². The zero-order valence-electron chi connectivity index (χ0n) is 23.7. The summed E-state index contributed by atoms with van der Waals surface area (Å²) in [6.07, 6.45) is 0.103. The summed E-state index contributed by atoms with van der Waals surface area (Å²) in [7, 11) is 0. The predicted octanol–water partition coefficient (Wildman–Crippen LogP) is 6.60. The number of halogens is 2. The number of aliphatic imine (C=N–C) groups is 1. The molecular formula is C34H33Br2N3O4. The van der Waals surface area contributed by atoms with E-state index >= 15 is 0 Å². The average molecular weight is 707 g/mol. The monoisotopic (exact) mass is 705 g/mol. The first-order valence-corrected chi connectivity index (χ1v) is 15.7. The molecule has 43 heavy (non-hydrogen) atoms. The Kier molecular flexibility index (Phi) is 10.3. The Labute approximate surface area is 268 Å². The van der Waals surface area contributed by atoms with Crippen LogP contribution in [0.3, 0.4) is 0 Å². The molecule has 1 amide bonds. The van der Waals surface area contributed by atoms with Crippen molar-refractivity contribution >= 4 is 43.7 Å². The Morgan fingerprint density at radius 3 is 2.44 bits per heavy atom. The minimum atomic E-state index is -1.35. The van der Waals surface area contributed by atoms with E-state index < -0.39 is 11.6 Å². The van der Waals surface area contributed by atoms with Gasteiger partial charge in [-0.25, -0.2) is 10.4 Å². The number of amides is 1. The zero-order chi connectivity index (χ0) is 30.2. The molecule has 5 rings (SSSR count). The summed E-state index contributed by atoms with van der Waals surface area (Å²) in [6, 6.07) is 31.1. The fourth-order valence-corrected chi connectivity index (χ4v) is 5.95. The van der Waals surface area contributed by atoms with Crippen molar-refractivity contribution in [2.45, 2.75) is 38.0 Å². The molecule has 1 aliphatic rings. The molecule has 1 aliphatic heterocycles. The summed E-state index contributed by atoms with van der Waals surface area (Å²) in [5, 5.41) is 9.05. The second kappa shape index (κ2) is 14.3. The van der Waals surface area contributed by atoms with Crippen LogP contribution < -0.4 is 15.6 Å². The SMILES string of the molecule is Cc1cccc(CNNC(=O)[C@@]2(Cc3ccccc3Br)N=C(c3ccc(OCCCO)cc3)O[C@H]2c2ccccc2Br)c1. The van der Waals surface area contributed by atoms with Crippen LogP contribution in [0.4, 0.5) is 0 Å². The number of aryl methyl sites for hydroxylation is 1. The molecule has 0 bridgehead atoms. The van der Waals surface area contributed by atoms with Gasteiger partial charge >= 0.3 is 0 Å². The number of hydrogen-bond donors (Lipinski definition) is 3. The third-order valence-electron chi connectivity index (χ3n) is 7.21. The summed E-state index contributed by atoms with van der Waals surface area (Å²) in [4.78, 5) is 19.5. The van der Waals surface area contributed by atoms with Gasteiger partial charge in [0.15, 0.2) is 11.6 Å². The number of nitrogens with zero attached hydrogens (tertiary/aromatic N) is 1. The number of aliphatic hydroxyl groups excluding tert-OH is 1. The van der Waals surface area contributed by atoms with Crippen molar-refractivity contribution in [3.05, 3.63) is 134 Å². The molecule has 0 aliphatic carbocycles. The van der Waals surface area contributed by atoms with Crippen molar-refractivity contribution in [2.24, 2.45) is 4.99 Å². The Bertz CT molecular complexity index is 1590. The number of carbonyl (C=O) groups excluding carboxylic acids is 1. The quantitative estimate of drug-likeness (QED) is 0.114. The number of aliphatic hydroxyl groups is 1. The average Bonchev–Trinajstić information content (AvgIpc) is 3.39. The lowest BCUT2D eigenvalue weighted by molar-refractivity contribution is -0.130. The van der Waals surface area contributed by atoms with Gasteiger partial charge in [0.1, 0.15) is 5.75 Å². The second-order valence-electron chi connectivity index (χ2n) is 10.4. The van der Waals surface area contributed by atoms with Crippen LogP contribution in [0.25, 0.3) is 0 Å². The molecule has 0 saturated heterocycles. The van der Waals surface area contributed by atoms with Crippen LogP contribution in [0.15, 0.2) is 111 Å². The lowest BCUT2D eigenvalue weighted by Gasteiger charge is -2.31. The van der Waals surface area contributed by atoms with Crippen LogP contribution in [0.1, 0.15) is 40.3 Å². The van der Waals surface area contributed by atoms with Crippen LogP contribution >= 0.6 is 31.9 Å². The van der Waals surface area contributed by atoms with Gasteiger partial charge in [0.25, 0.3) is 5.91 Å². The molecule has 4 aromatic rings. The van der Waals surface area contributed by atoms with Crippen LogP contribution in [0, 0.1) is 6.92 Å². The smallest absolute Gasteiger partial charge is 0.266 e. The highest BCUT2D eigenvalue weighted by molar-refractivity contribution is 9.10. The Morgan fingerprint density at radius 2 is 1.72 bits per heavy atom. The van der Waals surface area contributed by atoms with Gasteiger partial charge in [-0.05, 0) is 54.4 Å². The van der Waals surface area contributed by atoms with Crippen LogP contribution in [0.2, 0.25) is 0 Å². The van der Waals surface area contributed by atoms with Gasteiger partial charge in [-0.1, -0.05) is 98.1 Å². The molecule has 0 aromatic heterocycles. The Balaban J connectivity index is 1.53. The van der Waals surface area contributed by atoms with E-state index in [9.17, 15) is 4.79 Å². The largest absolute Gasteiger partial charge is 0.494 e. The van der Waals surface area contributed by atoms with E-state index in [0.29, 0.717) is 31.2 Å². The van der Waals surface area contributed by atoms with E-state index in [1.807, 2.05) is 97.9 Å². The number of hydrazine groups is 1. The minimum absolute atomic E-state index is 0.0701. The van der Waals surface area contributed by atoms with E-state index in [-0.39, 0.29) is 18.9 Å². The molecule has 0 saturated carbocycles. The Morgan fingerprint density at radius 1 is 0.977 bits per heavy atom. The summed E-state index contributed by atoms with van der Waals surface area (Å²) in [5.41, 5.74) is 9.39. The highest BCUT2D eigenvalue weighted by Crippen LogP contribution is 2.45.